The Balaban J connectivity index is 2.02. The molecule has 3 aromatic rings. The first-order valence-corrected chi connectivity index (χ1v) is 7.20. The molecular formula is C14H14ClN7. The van der Waals surface area contributed by atoms with Crippen molar-refractivity contribution < 1.29 is 0 Å². The molecule has 1 aliphatic rings. The number of aliphatic imine (C=N–C) groups is 1. The first-order chi connectivity index (χ1) is 10.6. The molecule has 112 valence electrons. The predicted molar refractivity (Wildman–Crippen MR) is 86.1 cm³/mol. The van der Waals surface area contributed by atoms with Crippen molar-refractivity contribution in [2.45, 2.75) is 13.1 Å². The Bertz CT molecular complexity index is 921. The van der Waals surface area contributed by atoms with E-state index in [4.69, 9.17) is 17.3 Å². The third-order valence-electron chi connectivity index (χ3n) is 3.80. The maximum atomic E-state index is 6.42. The molecule has 1 atom stereocenters. The maximum absolute atomic E-state index is 6.42. The number of guanidine groups is 1. The number of nitrogens with two attached hydrogens (primary N) is 1. The number of para-hydroxylation sites is 2. The lowest BCUT2D eigenvalue weighted by atomic mass is 10.2. The number of aryl methyl sites for hydroxylation is 2. The highest BCUT2D eigenvalue weighted by Crippen LogP contribution is 2.36. The highest BCUT2D eigenvalue weighted by atomic mass is 35.5. The Labute approximate surface area is 131 Å². The van der Waals surface area contributed by atoms with Crippen LogP contribution in [0.25, 0.3) is 11.0 Å². The van der Waals surface area contributed by atoms with E-state index >= 15 is 0 Å². The van der Waals surface area contributed by atoms with E-state index in [-0.39, 0.29) is 6.17 Å². The number of nitrogens with one attached hydrogen (secondary N) is 1. The van der Waals surface area contributed by atoms with Gasteiger partial charge in [0.25, 0.3) is 0 Å². The van der Waals surface area contributed by atoms with Gasteiger partial charge in [0.2, 0.25) is 5.95 Å². The van der Waals surface area contributed by atoms with Gasteiger partial charge in [-0.15, -0.1) is 0 Å². The fourth-order valence-corrected chi connectivity index (χ4v) is 3.12. The molecular weight excluding hydrogens is 302 g/mol. The van der Waals surface area contributed by atoms with Crippen LogP contribution < -0.4 is 11.1 Å². The van der Waals surface area contributed by atoms with Gasteiger partial charge >= 0.3 is 0 Å². The van der Waals surface area contributed by atoms with E-state index in [1.165, 1.54) is 0 Å². The molecule has 0 bridgehead atoms. The standard InChI is InChI=1S/C14H14ClN7/c1-7-10(11(15)21(2)20-7)12-18-13(16)19-14-17-8-5-3-4-6-9(8)22(12)14/h3-6,12H,1-2H3,(H3,16,17,18,19)/t12-/m0/s1. The third-order valence-corrected chi connectivity index (χ3v) is 4.24. The van der Waals surface area contributed by atoms with Gasteiger partial charge in [-0.3, -0.25) is 14.6 Å². The molecule has 0 saturated carbocycles. The van der Waals surface area contributed by atoms with Crippen molar-refractivity contribution in [1.82, 2.24) is 19.3 Å². The van der Waals surface area contributed by atoms with Crippen LogP contribution in [0.3, 0.4) is 0 Å². The Morgan fingerprint density at radius 2 is 2.09 bits per heavy atom. The summed E-state index contributed by atoms with van der Waals surface area (Å²) in [6, 6.07) is 7.86. The van der Waals surface area contributed by atoms with Gasteiger partial charge in [-0.2, -0.15) is 5.10 Å². The summed E-state index contributed by atoms with van der Waals surface area (Å²) in [7, 11) is 1.81. The Morgan fingerprint density at radius 1 is 1.32 bits per heavy atom. The van der Waals surface area contributed by atoms with E-state index in [0.717, 1.165) is 22.3 Å². The molecule has 0 radical (unpaired) electrons. The van der Waals surface area contributed by atoms with Crippen LogP contribution in [0.5, 0.6) is 0 Å². The average Bonchev–Trinajstić information content (AvgIpc) is 2.95. The molecule has 8 heteroatoms. The van der Waals surface area contributed by atoms with Crippen molar-refractivity contribution in [3.8, 4) is 0 Å². The second-order valence-corrected chi connectivity index (χ2v) is 5.58. The van der Waals surface area contributed by atoms with Gasteiger partial charge in [0.05, 0.1) is 22.3 Å². The molecule has 1 aliphatic heterocycles. The smallest absolute Gasteiger partial charge is 0.212 e. The number of hydrogen-bond donors (Lipinski definition) is 2. The van der Waals surface area contributed by atoms with Gasteiger partial charge in [0.1, 0.15) is 5.15 Å². The van der Waals surface area contributed by atoms with Gasteiger partial charge in [-0.1, -0.05) is 23.7 Å². The molecule has 3 N–H and O–H groups in total. The summed E-state index contributed by atoms with van der Waals surface area (Å²) in [6.45, 7) is 1.91. The lowest BCUT2D eigenvalue weighted by Crippen LogP contribution is -2.31. The van der Waals surface area contributed by atoms with Crippen LogP contribution in [0.15, 0.2) is 29.3 Å². The number of rotatable bonds is 1. The number of aromatic nitrogens is 4. The number of imidazole rings is 1. The normalized spacial score (nSPS) is 17.2. The molecule has 0 aliphatic carbocycles. The second-order valence-electron chi connectivity index (χ2n) is 5.22. The third kappa shape index (κ3) is 1.72. The number of halogens is 1. The van der Waals surface area contributed by atoms with Gasteiger partial charge < -0.3 is 5.73 Å². The molecule has 0 unspecified atom stereocenters. The first-order valence-electron chi connectivity index (χ1n) is 6.82. The Kier molecular flexibility index (Phi) is 2.67. The zero-order valence-electron chi connectivity index (χ0n) is 12.1. The number of benzene rings is 1. The first kappa shape index (κ1) is 13.1. The van der Waals surface area contributed by atoms with Crippen LogP contribution in [0.2, 0.25) is 5.15 Å². The van der Waals surface area contributed by atoms with Crippen molar-refractivity contribution in [3.05, 3.63) is 40.7 Å². The summed E-state index contributed by atoms with van der Waals surface area (Å²) >= 11 is 6.42. The molecule has 0 saturated heterocycles. The van der Waals surface area contributed by atoms with Gasteiger partial charge in [-0.05, 0) is 19.1 Å². The van der Waals surface area contributed by atoms with Gasteiger partial charge in [0, 0.05) is 7.05 Å². The molecule has 2 aromatic heterocycles. The van der Waals surface area contributed by atoms with E-state index < -0.39 is 0 Å². The highest BCUT2D eigenvalue weighted by molar-refractivity contribution is 6.30. The molecule has 7 nitrogen and oxygen atoms in total. The fraction of sp³-hybridized carbons (Fsp3) is 0.214. The monoisotopic (exact) mass is 315 g/mol. The molecule has 22 heavy (non-hydrogen) atoms. The minimum atomic E-state index is -0.384. The number of anilines is 1. The van der Waals surface area contributed by atoms with E-state index in [2.05, 4.69) is 20.4 Å². The van der Waals surface area contributed by atoms with Gasteiger partial charge in [-0.25, -0.2) is 9.98 Å². The lowest BCUT2D eigenvalue weighted by molar-refractivity contribution is 0.622. The van der Waals surface area contributed by atoms with Crippen molar-refractivity contribution in [3.63, 3.8) is 0 Å². The van der Waals surface area contributed by atoms with Crippen LogP contribution in [0.1, 0.15) is 17.4 Å². The molecule has 4 rings (SSSR count). The van der Waals surface area contributed by atoms with Crippen molar-refractivity contribution in [2.75, 3.05) is 5.32 Å². The summed E-state index contributed by atoms with van der Waals surface area (Å²) in [6.07, 6.45) is -0.384. The summed E-state index contributed by atoms with van der Waals surface area (Å²) in [5.74, 6) is 0.963. The molecule has 0 spiro atoms. The van der Waals surface area contributed by atoms with Crippen LogP contribution >= 0.6 is 11.6 Å². The summed E-state index contributed by atoms with van der Waals surface area (Å²) in [4.78, 5) is 9.09. The highest BCUT2D eigenvalue weighted by Gasteiger charge is 2.29. The van der Waals surface area contributed by atoms with E-state index in [0.29, 0.717) is 17.1 Å². The number of fused-ring (bicyclic) bond motifs is 3. The average molecular weight is 316 g/mol. The van der Waals surface area contributed by atoms with Crippen LogP contribution in [0.4, 0.5) is 5.95 Å². The minimum Gasteiger partial charge on any atom is -0.370 e. The number of hydrogen-bond acceptors (Lipinski definition) is 5. The van der Waals surface area contributed by atoms with Crippen molar-refractivity contribution >= 4 is 34.5 Å². The zero-order valence-corrected chi connectivity index (χ0v) is 12.8. The molecule has 0 fully saturated rings. The van der Waals surface area contributed by atoms with Crippen molar-refractivity contribution in [1.29, 1.82) is 0 Å². The van der Waals surface area contributed by atoms with Crippen LogP contribution in [0, 0.1) is 6.92 Å². The van der Waals surface area contributed by atoms with E-state index in [1.54, 1.807) is 11.7 Å². The maximum Gasteiger partial charge on any atom is 0.212 e. The van der Waals surface area contributed by atoms with Crippen LogP contribution in [-0.2, 0) is 7.05 Å². The van der Waals surface area contributed by atoms with Crippen LogP contribution in [-0.4, -0.2) is 25.3 Å². The molecule has 0 amide bonds. The largest absolute Gasteiger partial charge is 0.370 e. The Hall–Kier alpha value is -2.54. The molecule has 1 aromatic carbocycles. The summed E-state index contributed by atoms with van der Waals surface area (Å²) in [5, 5.41) is 7.92. The topological polar surface area (TPSA) is 86.1 Å². The lowest BCUT2D eigenvalue weighted by Gasteiger charge is -2.23. The fourth-order valence-electron chi connectivity index (χ4n) is 2.85. The SMILES string of the molecule is Cc1nn(C)c(Cl)c1[C@H]1N=C(N)Nc2nc3ccccc3n21. The summed E-state index contributed by atoms with van der Waals surface area (Å²) in [5.41, 5.74) is 9.41. The Morgan fingerprint density at radius 3 is 2.82 bits per heavy atom. The predicted octanol–water partition coefficient (Wildman–Crippen LogP) is 2.02. The van der Waals surface area contributed by atoms with Crippen molar-refractivity contribution in [2.24, 2.45) is 17.8 Å². The number of nitrogens with zero attached hydrogens (tertiary/aromatic N) is 5. The van der Waals surface area contributed by atoms with Gasteiger partial charge in [0.15, 0.2) is 12.1 Å². The molecule has 3 heterocycles. The quantitative estimate of drug-likeness (QED) is 0.719. The second kappa shape index (κ2) is 4.48. The van der Waals surface area contributed by atoms with E-state index in [1.807, 2.05) is 35.8 Å². The summed E-state index contributed by atoms with van der Waals surface area (Å²) < 4.78 is 3.63. The van der Waals surface area contributed by atoms with E-state index in [9.17, 15) is 0 Å². The minimum absolute atomic E-state index is 0.312. The zero-order chi connectivity index (χ0) is 15.4.